The van der Waals surface area contributed by atoms with Crippen LogP contribution in [0, 0.1) is 11.8 Å². The Kier molecular flexibility index (Phi) is 8.91. The molecule has 3 saturated heterocycles. The van der Waals surface area contributed by atoms with Crippen molar-refractivity contribution < 1.29 is 19.5 Å². The van der Waals surface area contributed by atoms with Crippen LogP contribution in [0.1, 0.15) is 59.8 Å². The van der Waals surface area contributed by atoms with E-state index in [9.17, 15) is 19.5 Å². The van der Waals surface area contributed by atoms with Crippen LogP contribution in [0.5, 0.6) is 0 Å². The van der Waals surface area contributed by atoms with E-state index in [1.807, 2.05) is 56.0 Å². The van der Waals surface area contributed by atoms with Gasteiger partial charge in [-0.2, -0.15) is 0 Å². The lowest BCUT2D eigenvalue weighted by atomic mass is 9.66. The number of carbonyl (C=O) groups excluding carboxylic acids is 3. The summed E-state index contributed by atoms with van der Waals surface area (Å²) < 4.78 is -1.11. The number of hydrogen-bond donors (Lipinski definition) is 1. The van der Waals surface area contributed by atoms with Gasteiger partial charge in [-0.25, -0.2) is 0 Å². The number of fused-ring (bicyclic) bond motifs is 1. The molecule has 3 amide bonds. The number of anilines is 1. The minimum absolute atomic E-state index is 0.0683. The van der Waals surface area contributed by atoms with E-state index in [0.717, 1.165) is 24.9 Å². The first-order valence-electron chi connectivity index (χ1n) is 14.5. The molecule has 0 aliphatic carbocycles. The number of carbonyl (C=O) groups is 3. The van der Waals surface area contributed by atoms with Crippen LogP contribution in [0.3, 0.4) is 0 Å². The number of aliphatic hydroxyl groups excluding tert-OH is 1. The molecular formula is C32H45N3O4S. The molecule has 2 unspecified atom stereocenters. The van der Waals surface area contributed by atoms with Gasteiger partial charge in [-0.1, -0.05) is 30.4 Å². The van der Waals surface area contributed by atoms with Crippen molar-refractivity contribution in [2.45, 2.75) is 80.9 Å². The van der Waals surface area contributed by atoms with Crippen molar-refractivity contribution in [3.63, 3.8) is 0 Å². The highest BCUT2D eigenvalue weighted by Crippen LogP contribution is 2.71. The Bertz CT molecular complexity index is 1130. The third-order valence-electron chi connectivity index (χ3n) is 8.87. The largest absolute Gasteiger partial charge is 0.396 e. The van der Waals surface area contributed by atoms with Crippen LogP contribution in [-0.2, 0) is 14.4 Å². The van der Waals surface area contributed by atoms with E-state index < -0.39 is 32.9 Å². The SMILES string of the molecule is C=CCN(C(=O)[C@H]1[C@H]2C(=O)N(CCCCCO)C(C(=O)N(CC=C)C(C)(C)C)C23CC[C@]1(C)S3)c1ccccc1. The lowest BCUT2D eigenvalue weighted by Gasteiger charge is -2.42. The zero-order valence-corrected chi connectivity index (χ0v) is 25.3. The molecule has 1 spiro atoms. The number of aliphatic hydroxyl groups is 1. The third kappa shape index (κ3) is 5.13. The first kappa shape index (κ1) is 30.4. The number of unbranched alkanes of at least 4 members (excludes halogenated alkanes) is 2. The molecule has 8 heteroatoms. The average molecular weight is 568 g/mol. The summed E-state index contributed by atoms with van der Waals surface area (Å²) in [4.78, 5) is 48.8. The van der Waals surface area contributed by atoms with Gasteiger partial charge in [0.15, 0.2) is 0 Å². The molecule has 40 heavy (non-hydrogen) atoms. The predicted octanol–water partition coefficient (Wildman–Crippen LogP) is 4.66. The van der Waals surface area contributed by atoms with Gasteiger partial charge in [-0.3, -0.25) is 14.4 Å². The van der Waals surface area contributed by atoms with Gasteiger partial charge in [0, 0.05) is 42.2 Å². The number of benzene rings is 1. The van der Waals surface area contributed by atoms with Gasteiger partial charge < -0.3 is 19.8 Å². The highest BCUT2D eigenvalue weighted by atomic mass is 32.2. The van der Waals surface area contributed by atoms with Crippen LogP contribution in [0.4, 0.5) is 5.69 Å². The molecule has 3 fully saturated rings. The maximum absolute atomic E-state index is 14.5. The number of hydrogen-bond acceptors (Lipinski definition) is 5. The van der Waals surface area contributed by atoms with Crippen LogP contribution in [0.15, 0.2) is 55.6 Å². The van der Waals surface area contributed by atoms with Crippen LogP contribution >= 0.6 is 11.8 Å². The third-order valence-corrected chi connectivity index (χ3v) is 10.9. The molecule has 0 aromatic heterocycles. The lowest BCUT2D eigenvalue weighted by Crippen LogP contribution is -2.59. The topological polar surface area (TPSA) is 81.2 Å². The number of nitrogens with zero attached hydrogens (tertiary/aromatic N) is 3. The van der Waals surface area contributed by atoms with Gasteiger partial charge >= 0.3 is 0 Å². The standard InChI is InChI=1S/C32H45N3O4S/c1-7-19-33(23-15-11-9-12-16-23)27(37)24-25-28(38)34(21-13-10-14-22-36)26(32(25)18-17-31(24,6)40-32)29(39)35(20-8-2)30(3,4)5/h7-9,11-12,15-16,24-26,36H,1-2,10,13-14,17-22H2,3-6H3/t24-,25+,26?,31+,32?/m1/s1. The summed E-state index contributed by atoms with van der Waals surface area (Å²) in [7, 11) is 0. The fraction of sp³-hybridized carbons (Fsp3) is 0.594. The molecule has 5 atom stereocenters. The number of thioether (sulfide) groups is 1. The van der Waals surface area contributed by atoms with Crippen LogP contribution in [-0.4, -0.2) is 79.9 Å². The minimum atomic E-state index is -0.665. The van der Waals surface area contributed by atoms with E-state index in [1.165, 1.54) is 0 Å². The Hall–Kier alpha value is -2.58. The maximum atomic E-state index is 14.5. The predicted molar refractivity (Wildman–Crippen MR) is 162 cm³/mol. The molecule has 0 radical (unpaired) electrons. The fourth-order valence-electron chi connectivity index (χ4n) is 7.09. The Morgan fingerprint density at radius 3 is 2.35 bits per heavy atom. The number of para-hydroxylation sites is 1. The van der Waals surface area contributed by atoms with Crippen LogP contribution < -0.4 is 4.90 Å². The number of amides is 3. The van der Waals surface area contributed by atoms with E-state index in [1.54, 1.807) is 33.7 Å². The second-order valence-corrected chi connectivity index (χ2v) is 14.4. The van der Waals surface area contributed by atoms with Gasteiger partial charge in [-0.05, 0) is 71.9 Å². The average Bonchev–Trinajstić information content (AvgIpc) is 3.48. The number of rotatable bonds is 12. The molecule has 1 aromatic rings. The molecule has 0 saturated carbocycles. The van der Waals surface area contributed by atoms with Gasteiger partial charge in [-0.15, -0.1) is 24.9 Å². The molecule has 7 nitrogen and oxygen atoms in total. The molecule has 1 aromatic carbocycles. The summed E-state index contributed by atoms with van der Waals surface area (Å²) >= 11 is 1.70. The van der Waals surface area contributed by atoms with Gasteiger partial charge in [0.2, 0.25) is 17.7 Å². The molecular weight excluding hydrogens is 522 g/mol. The van der Waals surface area contributed by atoms with Gasteiger partial charge in [0.25, 0.3) is 0 Å². The van der Waals surface area contributed by atoms with E-state index in [-0.39, 0.29) is 24.3 Å². The van der Waals surface area contributed by atoms with Crippen molar-refractivity contribution in [1.29, 1.82) is 0 Å². The molecule has 1 N–H and O–H groups in total. The molecule has 3 heterocycles. The highest BCUT2D eigenvalue weighted by molar-refractivity contribution is 8.02. The van der Waals surface area contributed by atoms with Crippen molar-refractivity contribution in [1.82, 2.24) is 9.80 Å². The highest BCUT2D eigenvalue weighted by Gasteiger charge is 2.77. The van der Waals surface area contributed by atoms with Crippen molar-refractivity contribution in [3.8, 4) is 0 Å². The first-order valence-corrected chi connectivity index (χ1v) is 15.3. The zero-order chi connectivity index (χ0) is 29.3. The van der Waals surface area contributed by atoms with E-state index in [4.69, 9.17) is 0 Å². The zero-order valence-electron chi connectivity index (χ0n) is 24.5. The fourth-order valence-corrected chi connectivity index (χ4v) is 9.43. The van der Waals surface area contributed by atoms with Crippen molar-refractivity contribution in [2.24, 2.45) is 11.8 Å². The monoisotopic (exact) mass is 567 g/mol. The Morgan fingerprint density at radius 1 is 1.07 bits per heavy atom. The summed E-state index contributed by atoms with van der Waals surface area (Å²) in [6.07, 6.45) is 7.06. The minimum Gasteiger partial charge on any atom is -0.396 e. The van der Waals surface area contributed by atoms with E-state index in [2.05, 4.69) is 20.1 Å². The second kappa shape index (κ2) is 11.7. The summed E-state index contributed by atoms with van der Waals surface area (Å²) in [5.41, 5.74) is 0.321. The van der Waals surface area contributed by atoms with Crippen molar-refractivity contribution in [3.05, 3.63) is 55.6 Å². The first-order chi connectivity index (χ1) is 19.0. The molecule has 4 rings (SSSR count). The molecule has 2 bridgehead atoms. The van der Waals surface area contributed by atoms with Crippen molar-refractivity contribution >= 4 is 35.2 Å². The summed E-state index contributed by atoms with van der Waals surface area (Å²) in [6.45, 7) is 17.2. The number of likely N-dealkylation sites (tertiary alicyclic amines) is 1. The van der Waals surface area contributed by atoms with Crippen molar-refractivity contribution in [2.75, 3.05) is 31.1 Å². The Balaban J connectivity index is 1.78. The van der Waals surface area contributed by atoms with Gasteiger partial charge in [0.1, 0.15) is 6.04 Å². The summed E-state index contributed by atoms with van der Waals surface area (Å²) in [5, 5.41) is 9.30. The molecule has 3 aliphatic heterocycles. The second-order valence-electron chi connectivity index (χ2n) is 12.5. The van der Waals surface area contributed by atoms with Gasteiger partial charge in [0.05, 0.1) is 16.6 Å². The van der Waals surface area contributed by atoms with Crippen LogP contribution in [0.25, 0.3) is 0 Å². The lowest BCUT2D eigenvalue weighted by molar-refractivity contribution is -0.145. The summed E-state index contributed by atoms with van der Waals surface area (Å²) in [6, 6.07) is 8.90. The maximum Gasteiger partial charge on any atom is 0.247 e. The normalized spacial score (nSPS) is 28.9. The molecule has 218 valence electrons. The quantitative estimate of drug-likeness (QED) is 0.294. The summed E-state index contributed by atoms with van der Waals surface area (Å²) in [5.74, 6) is -1.35. The Morgan fingerprint density at radius 2 is 1.75 bits per heavy atom. The smallest absolute Gasteiger partial charge is 0.247 e. The van der Waals surface area contributed by atoms with E-state index in [0.29, 0.717) is 32.5 Å². The Labute approximate surface area is 243 Å². The van der Waals surface area contributed by atoms with E-state index >= 15 is 0 Å². The van der Waals surface area contributed by atoms with Crippen LogP contribution in [0.2, 0.25) is 0 Å². The molecule has 3 aliphatic rings.